The van der Waals surface area contributed by atoms with Crippen LogP contribution in [0.1, 0.15) is 52.7 Å². The molecule has 208 valence electrons. The molecule has 0 saturated heterocycles. The Morgan fingerprint density at radius 1 is 0.571 bits per heavy atom. The normalized spacial score (nSPS) is 18.5. The van der Waals surface area contributed by atoms with Gasteiger partial charge in [0.25, 0.3) is 0 Å². The molecule has 0 aliphatic carbocycles. The van der Waals surface area contributed by atoms with Gasteiger partial charge < -0.3 is 19.1 Å². The number of fused-ring (bicyclic) bond motifs is 4. The minimum absolute atomic E-state index is 0.138. The predicted molar refractivity (Wildman–Crippen MR) is 176 cm³/mol. The Morgan fingerprint density at radius 2 is 1.21 bits per heavy atom. The predicted octanol–water partition coefficient (Wildman–Crippen LogP) is 9.29. The molecule has 4 heterocycles. The van der Waals surface area contributed by atoms with Gasteiger partial charge in [0.2, 0.25) is 0 Å². The summed E-state index contributed by atoms with van der Waals surface area (Å²) in [5, 5.41) is 5.53. The molecule has 9 rings (SSSR count). The SMILES string of the molecule is CC(C)(C)c1ccc2c3c1Oc1cccc4c1P3(=S)c1c(c(C(C)(C)C)cc3c1N2c1cc2ccccc2cc1O3)O4. The zero-order valence-corrected chi connectivity index (χ0v) is 26.2. The molecule has 0 radical (unpaired) electrons. The molecular formula is C36H30NO3PS. The second-order valence-corrected chi connectivity index (χ2v) is 18.0. The molecule has 0 spiro atoms. The van der Waals surface area contributed by atoms with Crippen LogP contribution in [-0.4, -0.2) is 0 Å². The molecule has 0 bridgehead atoms. The molecule has 0 aromatic heterocycles. The summed E-state index contributed by atoms with van der Waals surface area (Å²) in [5.74, 6) is 5.06. The molecule has 0 amide bonds. The van der Waals surface area contributed by atoms with Crippen LogP contribution in [0.4, 0.5) is 17.1 Å². The lowest BCUT2D eigenvalue weighted by Gasteiger charge is -2.49. The van der Waals surface area contributed by atoms with E-state index in [4.69, 9.17) is 26.0 Å². The molecule has 4 nitrogen and oxygen atoms in total. The Kier molecular flexibility index (Phi) is 4.47. The minimum Gasteiger partial charge on any atom is -0.455 e. The van der Waals surface area contributed by atoms with Gasteiger partial charge in [0.05, 0.1) is 33.3 Å². The van der Waals surface area contributed by atoms with Gasteiger partial charge in [-0.15, -0.1) is 0 Å². The fourth-order valence-electron chi connectivity index (χ4n) is 7.09. The van der Waals surface area contributed by atoms with E-state index >= 15 is 0 Å². The van der Waals surface area contributed by atoms with Crippen molar-refractivity contribution in [3.63, 3.8) is 0 Å². The van der Waals surface area contributed by atoms with Crippen LogP contribution in [0.5, 0.6) is 34.5 Å². The number of nitrogens with zero attached hydrogens (tertiary/aromatic N) is 1. The van der Waals surface area contributed by atoms with Crippen LogP contribution < -0.4 is 35.0 Å². The van der Waals surface area contributed by atoms with E-state index in [0.717, 1.165) is 89.4 Å². The van der Waals surface area contributed by atoms with Crippen molar-refractivity contribution in [2.45, 2.75) is 52.4 Å². The van der Waals surface area contributed by atoms with Crippen LogP contribution >= 0.6 is 6.04 Å². The van der Waals surface area contributed by atoms with Crippen LogP contribution in [0, 0.1) is 0 Å². The van der Waals surface area contributed by atoms with Crippen molar-refractivity contribution < 1.29 is 14.2 Å². The van der Waals surface area contributed by atoms with Crippen LogP contribution in [-0.2, 0) is 22.6 Å². The molecule has 42 heavy (non-hydrogen) atoms. The van der Waals surface area contributed by atoms with Crippen molar-refractivity contribution in [3.05, 3.63) is 83.9 Å². The third-order valence-corrected chi connectivity index (χ3v) is 13.8. The Bertz CT molecular complexity index is 2120. The van der Waals surface area contributed by atoms with Crippen molar-refractivity contribution >= 4 is 61.6 Å². The number of hydrogen-bond acceptors (Lipinski definition) is 5. The molecule has 4 aliphatic rings. The van der Waals surface area contributed by atoms with Gasteiger partial charge in [-0.25, -0.2) is 0 Å². The second-order valence-electron chi connectivity index (χ2n) is 13.8. The Labute approximate surface area is 250 Å². The third-order valence-electron chi connectivity index (χ3n) is 9.00. The molecule has 0 saturated carbocycles. The quantitative estimate of drug-likeness (QED) is 0.165. The number of hydrogen-bond donors (Lipinski definition) is 0. The zero-order chi connectivity index (χ0) is 28.9. The summed E-state index contributed by atoms with van der Waals surface area (Å²) in [6, 6.07) is 23.0. The van der Waals surface area contributed by atoms with E-state index in [1.807, 2.05) is 18.2 Å². The van der Waals surface area contributed by atoms with Crippen molar-refractivity contribution in [1.82, 2.24) is 0 Å². The maximum atomic E-state index is 7.08. The van der Waals surface area contributed by atoms with Gasteiger partial charge in [0.1, 0.15) is 28.7 Å². The summed E-state index contributed by atoms with van der Waals surface area (Å²) in [4.78, 5) is 2.37. The summed E-state index contributed by atoms with van der Waals surface area (Å²) in [5.41, 5.74) is 5.01. The van der Waals surface area contributed by atoms with Gasteiger partial charge >= 0.3 is 0 Å². The average Bonchev–Trinajstić information content (AvgIpc) is 2.92. The molecule has 6 heteroatoms. The lowest BCUT2D eigenvalue weighted by molar-refractivity contribution is 0.436. The van der Waals surface area contributed by atoms with E-state index in [9.17, 15) is 0 Å². The fraction of sp³-hybridized carbons (Fsp3) is 0.222. The molecule has 5 aromatic carbocycles. The molecule has 4 aliphatic heterocycles. The van der Waals surface area contributed by atoms with E-state index in [-0.39, 0.29) is 10.8 Å². The smallest absolute Gasteiger partial charge is 0.152 e. The molecular weight excluding hydrogens is 557 g/mol. The van der Waals surface area contributed by atoms with Gasteiger partial charge in [0, 0.05) is 11.1 Å². The average molecular weight is 588 g/mol. The Balaban J connectivity index is 1.50. The van der Waals surface area contributed by atoms with E-state index in [0.29, 0.717) is 0 Å². The van der Waals surface area contributed by atoms with Crippen molar-refractivity contribution in [3.8, 4) is 34.5 Å². The summed E-state index contributed by atoms with van der Waals surface area (Å²) < 4.78 is 20.6. The van der Waals surface area contributed by atoms with E-state index in [1.165, 1.54) is 0 Å². The van der Waals surface area contributed by atoms with E-state index < -0.39 is 6.04 Å². The van der Waals surface area contributed by atoms with Crippen molar-refractivity contribution in [2.75, 3.05) is 4.90 Å². The molecule has 0 N–H and O–H groups in total. The largest absolute Gasteiger partial charge is 0.455 e. The minimum atomic E-state index is -2.62. The molecule has 1 unspecified atom stereocenters. The lowest BCUT2D eigenvalue weighted by Crippen LogP contribution is -2.44. The highest BCUT2D eigenvalue weighted by atomic mass is 32.4. The summed E-state index contributed by atoms with van der Waals surface area (Å²) >= 11 is 7.08. The van der Waals surface area contributed by atoms with Crippen LogP contribution in [0.25, 0.3) is 10.8 Å². The number of benzene rings is 5. The Morgan fingerprint density at radius 3 is 1.88 bits per heavy atom. The van der Waals surface area contributed by atoms with Gasteiger partial charge in [-0.1, -0.05) is 89.7 Å². The van der Waals surface area contributed by atoms with Gasteiger partial charge in [-0.3, -0.25) is 0 Å². The maximum absolute atomic E-state index is 7.08. The van der Waals surface area contributed by atoms with Crippen LogP contribution in [0.2, 0.25) is 0 Å². The zero-order valence-electron chi connectivity index (χ0n) is 24.5. The molecule has 5 aromatic rings. The summed E-state index contributed by atoms with van der Waals surface area (Å²) in [6.07, 6.45) is 0. The first-order valence-electron chi connectivity index (χ1n) is 14.5. The first-order chi connectivity index (χ1) is 20.0. The second kappa shape index (κ2) is 7.58. The fourth-order valence-corrected chi connectivity index (χ4v) is 12.1. The van der Waals surface area contributed by atoms with Gasteiger partial charge in [0.15, 0.2) is 11.5 Å². The third kappa shape index (κ3) is 2.91. The lowest BCUT2D eigenvalue weighted by atomic mass is 9.85. The maximum Gasteiger partial charge on any atom is 0.152 e. The molecule has 0 fully saturated rings. The van der Waals surface area contributed by atoms with Crippen molar-refractivity contribution in [2.24, 2.45) is 0 Å². The van der Waals surface area contributed by atoms with Gasteiger partial charge in [-0.05, 0) is 58.0 Å². The van der Waals surface area contributed by atoms with Crippen LogP contribution in [0.15, 0.2) is 72.8 Å². The highest BCUT2D eigenvalue weighted by Crippen LogP contribution is 2.69. The molecule has 1 atom stereocenters. The monoisotopic (exact) mass is 587 g/mol. The first-order valence-corrected chi connectivity index (χ1v) is 17.3. The van der Waals surface area contributed by atoms with E-state index in [2.05, 4.69) is 101 Å². The van der Waals surface area contributed by atoms with Crippen molar-refractivity contribution in [1.29, 1.82) is 0 Å². The number of ether oxygens (including phenoxy) is 3. The summed E-state index contributed by atoms with van der Waals surface area (Å²) in [6.45, 7) is 13.4. The Hall–Kier alpha value is -3.79. The standard InChI is InChI=1S/C36H30NO3PS/c1-35(2,3)21-14-15-23-32-30(21)39-25-12-9-13-26-33(25)41(32,42)34-29-28(18-22(31(34)40-26)36(4,5)6)38-27-17-20-11-8-7-10-19(20)16-24(27)37(23)29/h7-18H,1-6H3. The topological polar surface area (TPSA) is 30.9 Å². The highest BCUT2D eigenvalue weighted by Gasteiger charge is 2.54. The van der Waals surface area contributed by atoms with Gasteiger partial charge in [-0.2, -0.15) is 0 Å². The van der Waals surface area contributed by atoms with Crippen LogP contribution in [0.3, 0.4) is 0 Å². The number of rotatable bonds is 0. The number of anilines is 3. The highest BCUT2D eigenvalue weighted by molar-refractivity contribution is 8.26. The van der Waals surface area contributed by atoms with E-state index in [1.54, 1.807) is 0 Å². The summed E-state index contributed by atoms with van der Waals surface area (Å²) in [7, 11) is 0. The first kappa shape index (κ1) is 24.8.